The predicted octanol–water partition coefficient (Wildman–Crippen LogP) is 3.42. The number of ether oxygens (including phenoxy) is 1. The van der Waals surface area contributed by atoms with Gasteiger partial charge in [0.05, 0.1) is 25.1 Å². The van der Waals surface area contributed by atoms with Gasteiger partial charge >= 0.3 is 0 Å². The van der Waals surface area contributed by atoms with Gasteiger partial charge in [0, 0.05) is 36.6 Å². The van der Waals surface area contributed by atoms with Crippen LogP contribution in [0.4, 0.5) is 17.3 Å². The van der Waals surface area contributed by atoms with E-state index in [-0.39, 0.29) is 5.91 Å². The number of aromatic nitrogens is 2. The summed E-state index contributed by atoms with van der Waals surface area (Å²) in [7, 11) is 0. The highest BCUT2D eigenvalue weighted by Crippen LogP contribution is 2.33. The zero-order valence-electron chi connectivity index (χ0n) is 16.4. The Bertz CT molecular complexity index is 1080. The molecule has 1 saturated heterocycles. The number of pyridine rings is 2. The SMILES string of the molecule is O=C1Nc2ncc(-c3ccccc3)cc2C1C=Nc1ccc(N2CCOCC2)nc1. The highest BCUT2D eigenvalue weighted by Gasteiger charge is 2.30. The van der Waals surface area contributed by atoms with Gasteiger partial charge in [-0.2, -0.15) is 0 Å². The van der Waals surface area contributed by atoms with E-state index in [0.29, 0.717) is 11.5 Å². The van der Waals surface area contributed by atoms with Crippen LogP contribution in [0.2, 0.25) is 0 Å². The maximum absolute atomic E-state index is 12.5. The quantitative estimate of drug-likeness (QED) is 0.680. The molecule has 0 radical (unpaired) electrons. The lowest BCUT2D eigenvalue weighted by Gasteiger charge is -2.27. The first-order valence-electron chi connectivity index (χ1n) is 9.97. The average Bonchev–Trinajstić information content (AvgIpc) is 3.13. The first-order chi connectivity index (χ1) is 14.8. The van der Waals surface area contributed by atoms with Crippen LogP contribution < -0.4 is 10.2 Å². The molecule has 1 amide bonds. The third-order valence-corrected chi connectivity index (χ3v) is 5.32. The standard InChI is InChI=1S/C23H21N5O2/c29-23-20(15-24-18-6-7-21(25-14-18)28-8-10-30-11-9-28)19-12-17(13-26-22(19)27-23)16-4-2-1-3-5-16/h1-7,12-15,20H,8-11H2,(H,26,27,29). The summed E-state index contributed by atoms with van der Waals surface area (Å²) in [6.45, 7) is 3.12. The van der Waals surface area contributed by atoms with Crippen LogP contribution in [0, 0.1) is 0 Å². The molecule has 30 heavy (non-hydrogen) atoms. The van der Waals surface area contributed by atoms with Crippen LogP contribution in [0.1, 0.15) is 11.5 Å². The lowest BCUT2D eigenvalue weighted by atomic mass is 9.99. The number of amides is 1. The molecule has 7 heteroatoms. The van der Waals surface area contributed by atoms with Gasteiger partial charge < -0.3 is 15.0 Å². The van der Waals surface area contributed by atoms with Gasteiger partial charge in [-0.3, -0.25) is 9.79 Å². The molecule has 1 aromatic carbocycles. The van der Waals surface area contributed by atoms with Gasteiger partial charge in [0.25, 0.3) is 0 Å². The lowest BCUT2D eigenvalue weighted by Crippen LogP contribution is -2.36. The number of carbonyl (C=O) groups is 1. The van der Waals surface area contributed by atoms with Gasteiger partial charge in [0.1, 0.15) is 17.6 Å². The van der Waals surface area contributed by atoms with E-state index < -0.39 is 5.92 Å². The predicted molar refractivity (Wildman–Crippen MR) is 116 cm³/mol. The van der Waals surface area contributed by atoms with Crippen molar-refractivity contribution in [1.82, 2.24) is 9.97 Å². The average molecular weight is 399 g/mol. The summed E-state index contributed by atoms with van der Waals surface area (Å²) in [5.74, 6) is 0.911. The second kappa shape index (κ2) is 8.04. The Morgan fingerprint density at radius 1 is 1.03 bits per heavy atom. The topological polar surface area (TPSA) is 79.7 Å². The number of carbonyl (C=O) groups excluding carboxylic acids is 1. The molecular formula is C23H21N5O2. The van der Waals surface area contributed by atoms with E-state index in [1.165, 1.54) is 0 Å². The van der Waals surface area contributed by atoms with Crippen molar-refractivity contribution in [1.29, 1.82) is 0 Å². The van der Waals surface area contributed by atoms with Crippen molar-refractivity contribution in [3.05, 3.63) is 66.5 Å². The van der Waals surface area contributed by atoms with E-state index >= 15 is 0 Å². The Labute approximate surface area is 174 Å². The minimum atomic E-state index is -0.477. The third kappa shape index (κ3) is 3.67. The summed E-state index contributed by atoms with van der Waals surface area (Å²) in [5, 5.41) is 2.84. The Balaban J connectivity index is 1.36. The van der Waals surface area contributed by atoms with Gasteiger partial charge in [0.15, 0.2) is 0 Å². The fourth-order valence-corrected chi connectivity index (χ4v) is 3.69. The Morgan fingerprint density at radius 2 is 1.87 bits per heavy atom. The fraction of sp³-hybridized carbons (Fsp3) is 0.217. The number of nitrogens with one attached hydrogen (secondary N) is 1. The molecule has 7 nitrogen and oxygen atoms in total. The van der Waals surface area contributed by atoms with Crippen molar-refractivity contribution in [2.24, 2.45) is 4.99 Å². The molecule has 3 aromatic rings. The highest BCUT2D eigenvalue weighted by molar-refractivity contribution is 6.12. The molecule has 150 valence electrons. The maximum atomic E-state index is 12.5. The number of benzene rings is 1. The molecule has 0 spiro atoms. The van der Waals surface area contributed by atoms with E-state index in [9.17, 15) is 4.79 Å². The zero-order valence-corrected chi connectivity index (χ0v) is 16.4. The molecule has 4 heterocycles. The molecule has 2 aliphatic heterocycles. The van der Waals surface area contributed by atoms with Crippen LogP contribution >= 0.6 is 0 Å². The molecule has 2 aromatic heterocycles. The van der Waals surface area contributed by atoms with Gasteiger partial charge in [-0.05, 0) is 23.8 Å². The maximum Gasteiger partial charge on any atom is 0.238 e. The van der Waals surface area contributed by atoms with Crippen LogP contribution in [0.3, 0.4) is 0 Å². The number of hydrogen-bond acceptors (Lipinski definition) is 6. The van der Waals surface area contributed by atoms with Crippen LogP contribution in [-0.4, -0.2) is 48.4 Å². The first kappa shape index (κ1) is 18.4. The van der Waals surface area contributed by atoms with Crippen LogP contribution in [0.5, 0.6) is 0 Å². The number of morpholine rings is 1. The molecule has 0 bridgehead atoms. The van der Waals surface area contributed by atoms with Crippen molar-refractivity contribution in [3.63, 3.8) is 0 Å². The van der Waals surface area contributed by atoms with Crippen LogP contribution in [0.15, 0.2) is 65.9 Å². The summed E-state index contributed by atoms with van der Waals surface area (Å²) in [6, 6.07) is 15.9. The largest absolute Gasteiger partial charge is 0.378 e. The monoisotopic (exact) mass is 399 g/mol. The highest BCUT2D eigenvalue weighted by atomic mass is 16.5. The van der Waals surface area contributed by atoms with E-state index in [2.05, 4.69) is 25.2 Å². The van der Waals surface area contributed by atoms with E-state index in [1.54, 1.807) is 18.6 Å². The smallest absolute Gasteiger partial charge is 0.238 e. The van der Waals surface area contributed by atoms with Crippen molar-refractivity contribution >= 4 is 29.4 Å². The van der Waals surface area contributed by atoms with Crippen LogP contribution in [0.25, 0.3) is 11.1 Å². The Morgan fingerprint density at radius 3 is 2.63 bits per heavy atom. The minimum Gasteiger partial charge on any atom is -0.378 e. The molecule has 1 atom stereocenters. The summed E-state index contributed by atoms with van der Waals surface area (Å²) in [6.07, 6.45) is 5.18. The fourth-order valence-electron chi connectivity index (χ4n) is 3.69. The summed E-state index contributed by atoms with van der Waals surface area (Å²) in [4.78, 5) is 28.1. The normalized spacial score (nSPS) is 18.5. The number of anilines is 2. The first-order valence-corrected chi connectivity index (χ1v) is 9.97. The second-order valence-electron chi connectivity index (χ2n) is 7.25. The third-order valence-electron chi connectivity index (χ3n) is 5.32. The molecule has 1 fully saturated rings. The molecule has 0 saturated carbocycles. The molecule has 1 unspecified atom stereocenters. The van der Waals surface area contributed by atoms with Gasteiger partial charge in [0.2, 0.25) is 5.91 Å². The molecule has 1 N–H and O–H groups in total. The zero-order chi connectivity index (χ0) is 20.3. The van der Waals surface area contributed by atoms with E-state index in [1.807, 2.05) is 48.5 Å². The Kier molecular flexibility index (Phi) is 4.94. The van der Waals surface area contributed by atoms with Crippen molar-refractivity contribution in [2.45, 2.75) is 5.92 Å². The number of hydrogen-bond donors (Lipinski definition) is 1. The summed E-state index contributed by atoms with van der Waals surface area (Å²) < 4.78 is 5.38. The summed E-state index contributed by atoms with van der Waals surface area (Å²) in [5.41, 5.74) is 3.58. The van der Waals surface area contributed by atoms with Crippen LogP contribution in [-0.2, 0) is 9.53 Å². The molecule has 5 rings (SSSR count). The van der Waals surface area contributed by atoms with Crippen molar-refractivity contribution in [3.8, 4) is 11.1 Å². The number of nitrogens with zero attached hydrogens (tertiary/aromatic N) is 4. The number of aliphatic imine (C=N–C) groups is 1. The molecule has 2 aliphatic rings. The Hall–Kier alpha value is -3.58. The van der Waals surface area contributed by atoms with Crippen molar-refractivity contribution < 1.29 is 9.53 Å². The van der Waals surface area contributed by atoms with Gasteiger partial charge in [-0.25, -0.2) is 9.97 Å². The minimum absolute atomic E-state index is 0.121. The second-order valence-corrected chi connectivity index (χ2v) is 7.25. The van der Waals surface area contributed by atoms with Gasteiger partial charge in [-0.15, -0.1) is 0 Å². The van der Waals surface area contributed by atoms with Crippen molar-refractivity contribution in [2.75, 3.05) is 36.5 Å². The van der Waals surface area contributed by atoms with E-state index in [0.717, 1.165) is 48.8 Å². The van der Waals surface area contributed by atoms with Gasteiger partial charge in [-0.1, -0.05) is 30.3 Å². The molecule has 0 aliphatic carbocycles. The lowest BCUT2D eigenvalue weighted by molar-refractivity contribution is -0.115. The van der Waals surface area contributed by atoms with E-state index in [4.69, 9.17) is 4.74 Å². The number of rotatable bonds is 4. The molecular weight excluding hydrogens is 378 g/mol. The number of fused-ring (bicyclic) bond motifs is 1. The summed E-state index contributed by atoms with van der Waals surface area (Å²) >= 11 is 0.